The van der Waals surface area contributed by atoms with Crippen LogP contribution in [0.1, 0.15) is 0 Å². The zero-order valence-corrected chi connectivity index (χ0v) is 15.1. The molecule has 0 atom stereocenters. The lowest BCUT2D eigenvalue weighted by atomic mass is 10.2. The number of fused-ring (bicyclic) bond motifs is 4. The van der Waals surface area contributed by atoms with E-state index in [0.29, 0.717) is 37.5 Å². The fourth-order valence-corrected chi connectivity index (χ4v) is 4.23. The topological polar surface area (TPSA) is 82.5 Å². The van der Waals surface area contributed by atoms with Gasteiger partial charge in [-0.25, -0.2) is 9.37 Å². The molecule has 140 valence electrons. The first kappa shape index (κ1) is 16.7. The van der Waals surface area contributed by atoms with Gasteiger partial charge in [-0.2, -0.15) is 0 Å². The molecule has 4 aromatic rings. The van der Waals surface area contributed by atoms with Crippen LogP contribution in [-0.2, 0) is 11.3 Å². The number of halogens is 1. The smallest absolute Gasteiger partial charge is 0.271 e. The second kappa shape index (κ2) is 6.31. The van der Waals surface area contributed by atoms with Gasteiger partial charge in [0.2, 0.25) is 12.7 Å². The van der Waals surface area contributed by atoms with Gasteiger partial charge in [-0.3, -0.25) is 14.2 Å². The van der Waals surface area contributed by atoms with Crippen LogP contribution >= 0.6 is 11.3 Å². The first-order valence-electron chi connectivity index (χ1n) is 8.36. The number of carbonyl (C=O) groups excluding carboxylic acids is 1. The number of nitrogens with one attached hydrogen (secondary N) is 1. The monoisotopic (exact) mass is 397 g/mol. The quantitative estimate of drug-likeness (QED) is 0.574. The van der Waals surface area contributed by atoms with E-state index in [2.05, 4.69) is 10.3 Å². The molecule has 1 amide bonds. The Balaban J connectivity index is 1.44. The van der Waals surface area contributed by atoms with Gasteiger partial charge in [0, 0.05) is 16.5 Å². The molecule has 2 aromatic carbocycles. The second-order valence-corrected chi connectivity index (χ2v) is 7.24. The minimum absolute atomic E-state index is 0.142. The number of carbonyl (C=O) groups is 1. The summed E-state index contributed by atoms with van der Waals surface area (Å²) in [5.41, 5.74) is 0.460. The number of rotatable bonds is 3. The van der Waals surface area contributed by atoms with Crippen LogP contribution in [-0.4, -0.2) is 22.3 Å². The van der Waals surface area contributed by atoms with E-state index in [1.54, 1.807) is 30.3 Å². The summed E-state index contributed by atoms with van der Waals surface area (Å²) in [6, 6.07) is 9.69. The second-order valence-electron chi connectivity index (χ2n) is 6.19. The normalized spacial score (nSPS) is 12.6. The van der Waals surface area contributed by atoms with Crippen LogP contribution in [0.5, 0.6) is 11.5 Å². The maximum Gasteiger partial charge on any atom is 0.271 e. The number of nitrogens with zero attached hydrogens (tertiary/aromatic N) is 2. The molecule has 0 saturated carbocycles. The molecule has 9 heteroatoms. The Kier molecular flexibility index (Phi) is 3.76. The van der Waals surface area contributed by atoms with Crippen molar-refractivity contribution in [1.29, 1.82) is 0 Å². The molecule has 0 fully saturated rings. The molecule has 0 saturated heterocycles. The minimum atomic E-state index is -0.422. The molecule has 1 N–H and O–H groups in total. The van der Waals surface area contributed by atoms with E-state index in [-0.39, 0.29) is 18.9 Å². The Hall–Kier alpha value is -3.46. The van der Waals surface area contributed by atoms with Gasteiger partial charge in [0.15, 0.2) is 11.5 Å². The average molecular weight is 397 g/mol. The molecule has 1 aliphatic rings. The summed E-state index contributed by atoms with van der Waals surface area (Å²) in [6.45, 7) is -0.0729. The predicted octanol–water partition coefficient (Wildman–Crippen LogP) is 3.12. The van der Waals surface area contributed by atoms with E-state index in [9.17, 15) is 14.0 Å². The molecule has 28 heavy (non-hydrogen) atoms. The largest absolute Gasteiger partial charge is 0.454 e. The number of thiophene rings is 1. The summed E-state index contributed by atoms with van der Waals surface area (Å²) in [5, 5.41) is 3.04. The Morgan fingerprint density at radius 1 is 1.25 bits per heavy atom. The predicted molar refractivity (Wildman–Crippen MR) is 103 cm³/mol. The summed E-state index contributed by atoms with van der Waals surface area (Å²) >= 11 is 1.16. The van der Waals surface area contributed by atoms with Crippen molar-refractivity contribution in [1.82, 2.24) is 9.55 Å². The first-order chi connectivity index (χ1) is 13.6. The van der Waals surface area contributed by atoms with E-state index in [1.165, 1.54) is 17.0 Å². The molecule has 0 radical (unpaired) electrons. The molecule has 3 heterocycles. The zero-order chi connectivity index (χ0) is 19.3. The maximum absolute atomic E-state index is 14.1. The number of hydrogen-bond acceptors (Lipinski definition) is 6. The molecule has 1 aliphatic heterocycles. The number of benzene rings is 2. The van der Waals surface area contributed by atoms with Crippen LogP contribution in [0.3, 0.4) is 0 Å². The summed E-state index contributed by atoms with van der Waals surface area (Å²) in [5.74, 6) is 0.342. The van der Waals surface area contributed by atoms with Crippen molar-refractivity contribution < 1.29 is 18.7 Å². The molecule has 5 rings (SSSR count). The van der Waals surface area contributed by atoms with Gasteiger partial charge in [0.05, 0.1) is 17.2 Å². The number of hydrogen-bond donors (Lipinski definition) is 1. The summed E-state index contributed by atoms with van der Waals surface area (Å²) in [6.07, 6.45) is 1.27. The third-order valence-electron chi connectivity index (χ3n) is 4.39. The highest BCUT2D eigenvalue weighted by Crippen LogP contribution is 2.34. The van der Waals surface area contributed by atoms with Crippen LogP contribution < -0.4 is 20.3 Å². The third kappa shape index (κ3) is 2.67. The van der Waals surface area contributed by atoms with E-state index < -0.39 is 11.7 Å². The molecule has 2 aromatic heterocycles. The van der Waals surface area contributed by atoms with Crippen molar-refractivity contribution in [3.8, 4) is 11.5 Å². The lowest BCUT2D eigenvalue weighted by Crippen LogP contribution is -2.27. The number of aromatic nitrogens is 2. The third-order valence-corrected chi connectivity index (χ3v) is 5.52. The van der Waals surface area contributed by atoms with Gasteiger partial charge >= 0.3 is 0 Å². The number of anilines is 1. The fraction of sp³-hybridized carbons (Fsp3) is 0.105. The standard InChI is InChI=1S/C19H12FN3O4S/c20-11-2-1-3-14-16(11)17-18(28-14)19(25)23(8-21-17)7-15(24)22-10-4-5-12-13(6-10)27-9-26-12/h1-6,8H,7,9H2,(H,22,24). The number of ether oxygens (including phenoxy) is 2. The van der Waals surface area contributed by atoms with Crippen molar-refractivity contribution in [2.75, 3.05) is 12.1 Å². The van der Waals surface area contributed by atoms with Crippen molar-refractivity contribution in [3.05, 3.63) is 58.9 Å². The average Bonchev–Trinajstić information content (AvgIpc) is 3.29. The molecular formula is C19H12FN3O4S. The van der Waals surface area contributed by atoms with Crippen molar-refractivity contribution >= 4 is 43.2 Å². The Morgan fingerprint density at radius 3 is 3.00 bits per heavy atom. The first-order valence-corrected chi connectivity index (χ1v) is 9.17. The van der Waals surface area contributed by atoms with Gasteiger partial charge in [0.25, 0.3) is 5.56 Å². The van der Waals surface area contributed by atoms with Gasteiger partial charge in [-0.15, -0.1) is 11.3 Å². The fourth-order valence-electron chi connectivity index (χ4n) is 3.11. The van der Waals surface area contributed by atoms with Crippen LogP contribution in [0.25, 0.3) is 20.3 Å². The van der Waals surface area contributed by atoms with E-state index in [4.69, 9.17) is 9.47 Å². The molecular weight excluding hydrogens is 385 g/mol. The van der Waals surface area contributed by atoms with Crippen molar-refractivity contribution in [2.24, 2.45) is 0 Å². The highest BCUT2D eigenvalue weighted by Gasteiger charge is 2.17. The summed E-state index contributed by atoms with van der Waals surface area (Å²) in [7, 11) is 0. The minimum Gasteiger partial charge on any atom is -0.454 e. The van der Waals surface area contributed by atoms with Gasteiger partial charge in [-0.1, -0.05) is 6.07 Å². The van der Waals surface area contributed by atoms with Gasteiger partial charge in [0.1, 0.15) is 17.1 Å². The van der Waals surface area contributed by atoms with Gasteiger partial charge < -0.3 is 14.8 Å². The molecule has 0 bridgehead atoms. The maximum atomic E-state index is 14.1. The highest BCUT2D eigenvalue weighted by atomic mass is 32.1. The molecule has 0 spiro atoms. The lowest BCUT2D eigenvalue weighted by molar-refractivity contribution is -0.116. The Labute approximate surface area is 160 Å². The van der Waals surface area contributed by atoms with Crippen molar-refractivity contribution in [3.63, 3.8) is 0 Å². The lowest BCUT2D eigenvalue weighted by Gasteiger charge is -2.08. The highest BCUT2D eigenvalue weighted by molar-refractivity contribution is 7.25. The Morgan fingerprint density at radius 2 is 2.11 bits per heavy atom. The van der Waals surface area contributed by atoms with Crippen LogP contribution in [0.4, 0.5) is 10.1 Å². The molecule has 0 aliphatic carbocycles. The zero-order valence-electron chi connectivity index (χ0n) is 14.3. The SMILES string of the molecule is O=C(Cn1cnc2c(sc3cccc(F)c32)c1=O)Nc1ccc2c(c1)OCO2. The van der Waals surface area contributed by atoms with Crippen molar-refractivity contribution in [2.45, 2.75) is 6.54 Å². The number of amides is 1. The van der Waals surface area contributed by atoms with Crippen LogP contribution in [0, 0.1) is 5.82 Å². The molecule has 7 nitrogen and oxygen atoms in total. The summed E-state index contributed by atoms with van der Waals surface area (Å²) in [4.78, 5) is 29.3. The van der Waals surface area contributed by atoms with E-state index in [0.717, 1.165) is 11.3 Å². The molecule has 0 unspecified atom stereocenters. The van der Waals surface area contributed by atoms with E-state index in [1.807, 2.05) is 0 Å². The van der Waals surface area contributed by atoms with Crippen LogP contribution in [0.15, 0.2) is 47.5 Å². The summed E-state index contributed by atoms with van der Waals surface area (Å²) < 4.78 is 26.8. The van der Waals surface area contributed by atoms with E-state index >= 15 is 0 Å². The van der Waals surface area contributed by atoms with Crippen LogP contribution in [0.2, 0.25) is 0 Å². The van der Waals surface area contributed by atoms with Gasteiger partial charge in [-0.05, 0) is 24.3 Å². The Bertz CT molecular complexity index is 1310.